The van der Waals surface area contributed by atoms with Gasteiger partial charge in [-0.1, -0.05) is 30.3 Å². The lowest BCUT2D eigenvalue weighted by Crippen LogP contribution is -1.84. The molecule has 3 aromatic rings. The van der Waals surface area contributed by atoms with Crippen LogP contribution in [0.1, 0.15) is 5.56 Å². The van der Waals surface area contributed by atoms with Gasteiger partial charge in [0, 0.05) is 15.8 Å². The van der Waals surface area contributed by atoms with E-state index < -0.39 is 0 Å². The minimum atomic E-state index is 0.395. The summed E-state index contributed by atoms with van der Waals surface area (Å²) < 4.78 is 0. The second kappa shape index (κ2) is 3.90. The molecule has 17 heavy (non-hydrogen) atoms. The lowest BCUT2D eigenvalue weighted by atomic mass is 9.99. The fourth-order valence-corrected chi connectivity index (χ4v) is 2.92. The largest absolute Gasteiger partial charge is 0.507 e. The van der Waals surface area contributed by atoms with Crippen LogP contribution in [0.25, 0.3) is 21.2 Å². The third-order valence-electron chi connectivity index (χ3n) is 3.06. The number of rotatable bonds is 1. The lowest BCUT2D eigenvalue weighted by molar-refractivity contribution is 0.478. The van der Waals surface area contributed by atoms with E-state index in [0.29, 0.717) is 5.75 Å². The highest BCUT2D eigenvalue weighted by Gasteiger charge is 2.10. The Morgan fingerprint density at radius 3 is 2.65 bits per heavy atom. The molecule has 1 N–H and O–H groups in total. The molecule has 1 aromatic heterocycles. The Morgan fingerprint density at radius 1 is 1.06 bits per heavy atom. The molecule has 2 aromatic carbocycles. The molecule has 0 aliphatic heterocycles. The quantitative estimate of drug-likeness (QED) is 0.660. The summed E-state index contributed by atoms with van der Waals surface area (Å²) in [5.74, 6) is 0.395. The molecule has 2 heteroatoms. The molecule has 0 bridgehead atoms. The van der Waals surface area contributed by atoms with Crippen molar-refractivity contribution in [1.29, 1.82) is 0 Å². The van der Waals surface area contributed by atoms with Gasteiger partial charge < -0.3 is 5.11 Å². The molecule has 1 nitrogen and oxygen atoms in total. The number of thiophene rings is 1. The first-order chi connectivity index (χ1) is 8.27. The van der Waals surface area contributed by atoms with Crippen molar-refractivity contribution in [3.63, 3.8) is 0 Å². The van der Waals surface area contributed by atoms with Crippen LogP contribution in [-0.2, 0) is 0 Å². The van der Waals surface area contributed by atoms with Gasteiger partial charge in [-0.2, -0.15) is 0 Å². The van der Waals surface area contributed by atoms with Gasteiger partial charge in [0.05, 0.1) is 0 Å². The van der Waals surface area contributed by atoms with Gasteiger partial charge in [0.2, 0.25) is 0 Å². The van der Waals surface area contributed by atoms with Crippen molar-refractivity contribution in [3.8, 4) is 16.2 Å². The fourth-order valence-electron chi connectivity index (χ4n) is 2.12. The zero-order valence-electron chi connectivity index (χ0n) is 9.47. The van der Waals surface area contributed by atoms with Crippen molar-refractivity contribution < 1.29 is 5.11 Å². The third-order valence-corrected chi connectivity index (χ3v) is 3.96. The van der Waals surface area contributed by atoms with Crippen molar-refractivity contribution >= 4 is 22.1 Å². The van der Waals surface area contributed by atoms with Gasteiger partial charge in [-0.3, -0.25) is 0 Å². The van der Waals surface area contributed by atoms with E-state index in [1.165, 1.54) is 4.88 Å². The first kappa shape index (κ1) is 10.4. The maximum Gasteiger partial charge on any atom is 0.126 e. The Hall–Kier alpha value is -1.80. The maximum atomic E-state index is 10.2. The summed E-state index contributed by atoms with van der Waals surface area (Å²) in [6.45, 7) is 1.97. The standard InChI is InChI=1S/C15H12OS/c1-10-13(14-7-4-8-17-14)9-11-5-2-3-6-12(11)15(10)16/h2-9,16H,1H3. The molecule has 0 aliphatic rings. The zero-order chi connectivity index (χ0) is 11.8. The highest BCUT2D eigenvalue weighted by molar-refractivity contribution is 7.13. The van der Waals surface area contributed by atoms with Gasteiger partial charge in [-0.15, -0.1) is 11.3 Å². The maximum absolute atomic E-state index is 10.2. The molecular formula is C15H12OS. The molecule has 0 aliphatic carbocycles. The molecule has 0 fully saturated rings. The number of benzene rings is 2. The fraction of sp³-hybridized carbons (Fsp3) is 0.0667. The minimum absolute atomic E-state index is 0.395. The number of phenols is 1. The molecule has 0 radical (unpaired) electrons. The van der Waals surface area contributed by atoms with Gasteiger partial charge in [-0.25, -0.2) is 0 Å². The van der Waals surface area contributed by atoms with E-state index in [1.54, 1.807) is 11.3 Å². The Bertz CT molecular complexity index is 669. The van der Waals surface area contributed by atoms with E-state index in [4.69, 9.17) is 0 Å². The van der Waals surface area contributed by atoms with Crippen molar-refractivity contribution in [2.24, 2.45) is 0 Å². The third kappa shape index (κ3) is 1.61. The zero-order valence-corrected chi connectivity index (χ0v) is 10.3. The Labute approximate surface area is 104 Å². The van der Waals surface area contributed by atoms with E-state index >= 15 is 0 Å². The van der Waals surface area contributed by atoms with E-state index in [0.717, 1.165) is 21.9 Å². The SMILES string of the molecule is Cc1c(-c2cccs2)cc2ccccc2c1O. The lowest BCUT2D eigenvalue weighted by Gasteiger charge is -2.09. The topological polar surface area (TPSA) is 20.2 Å². The minimum Gasteiger partial charge on any atom is -0.507 e. The number of aromatic hydroxyl groups is 1. The van der Waals surface area contributed by atoms with Gasteiger partial charge in [0.15, 0.2) is 0 Å². The van der Waals surface area contributed by atoms with Crippen LogP contribution in [0, 0.1) is 6.92 Å². The molecule has 84 valence electrons. The van der Waals surface area contributed by atoms with Crippen molar-refractivity contribution in [2.45, 2.75) is 6.92 Å². The number of phenolic OH excluding ortho intramolecular Hbond substituents is 1. The number of hydrogen-bond donors (Lipinski definition) is 1. The number of hydrogen-bond acceptors (Lipinski definition) is 2. The van der Waals surface area contributed by atoms with Crippen LogP contribution in [0.3, 0.4) is 0 Å². The van der Waals surface area contributed by atoms with Gasteiger partial charge in [0.25, 0.3) is 0 Å². The summed E-state index contributed by atoms with van der Waals surface area (Å²) in [5, 5.41) is 14.3. The van der Waals surface area contributed by atoms with Crippen LogP contribution in [0.2, 0.25) is 0 Å². The molecule has 0 saturated carbocycles. The molecule has 0 saturated heterocycles. The molecule has 0 spiro atoms. The van der Waals surface area contributed by atoms with E-state index in [-0.39, 0.29) is 0 Å². The Balaban J connectivity index is 2.37. The highest BCUT2D eigenvalue weighted by Crippen LogP contribution is 2.37. The van der Waals surface area contributed by atoms with Crippen LogP contribution in [-0.4, -0.2) is 5.11 Å². The first-order valence-corrected chi connectivity index (χ1v) is 6.40. The van der Waals surface area contributed by atoms with Crippen LogP contribution < -0.4 is 0 Å². The Kier molecular flexibility index (Phi) is 2.37. The van der Waals surface area contributed by atoms with Crippen molar-refractivity contribution in [2.75, 3.05) is 0 Å². The first-order valence-electron chi connectivity index (χ1n) is 5.52. The molecule has 0 unspecified atom stereocenters. The number of fused-ring (bicyclic) bond motifs is 1. The Morgan fingerprint density at radius 2 is 1.88 bits per heavy atom. The second-order valence-corrected chi connectivity index (χ2v) is 5.04. The van der Waals surface area contributed by atoms with Gasteiger partial charge in [-0.05, 0) is 35.4 Å². The van der Waals surface area contributed by atoms with E-state index in [1.807, 2.05) is 37.3 Å². The van der Waals surface area contributed by atoms with Crippen LogP contribution >= 0.6 is 11.3 Å². The van der Waals surface area contributed by atoms with Crippen LogP contribution in [0.5, 0.6) is 5.75 Å². The van der Waals surface area contributed by atoms with E-state index in [2.05, 4.69) is 17.5 Å². The van der Waals surface area contributed by atoms with Crippen molar-refractivity contribution in [3.05, 3.63) is 53.4 Å². The van der Waals surface area contributed by atoms with Crippen LogP contribution in [0.4, 0.5) is 0 Å². The van der Waals surface area contributed by atoms with Crippen LogP contribution in [0.15, 0.2) is 47.8 Å². The summed E-state index contributed by atoms with van der Waals surface area (Å²) in [7, 11) is 0. The average Bonchev–Trinajstić information content (AvgIpc) is 2.87. The summed E-state index contributed by atoms with van der Waals surface area (Å²) >= 11 is 1.70. The predicted molar refractivity (Wildman–Crippen MR) is 73.7 cm³/mol. The van der Waals surface area contributed by atoms with Gasteiger partial charge in [0.1, 0.15) is 5.75 Å². The smallest absolute Gasteiger partial charge is 0.126 e. The summed E-state index contributed by atoms with van der Waals surface area (Å²) in [5.41, 5.74) is 2.07. The second-order valence-electron chi connectivity index (χ2n) is 4.10. The molecule has 1 heterocycles. The molecular weight excluding hydrogens is 228 g/mol. The van der Waals surface area contributed by atoms with Crippen molar-refractivity contribution in [1.82, 2.24) is 0 Å². The summed E-state index contributed by atoms with van der Waals surface area (Å²) in [6, 6.07) is 14.2. The van der Waals surface area contributed by atoms with Gasteiger partial charge >= 0.3 is 0 Å². The highest BCUT2D eigenvalue weighted by atomic mass is 32.1. The summed E-state index contributed by atoms with van der Waals surface area (Å²) in [4.78, 5) is 1.20. The average molecular weight is 240 g/mol. The monoisotopic (exact) mass is 240 g/mol. The molecule has 3 rings (SSSR count). The molecule has 0 amide bonds. The summed E-state index contributed by atoms with van der Waals surface area (Å²) in [6.07, 6.45) is 0. The van der Waals surface area contributed by atoms with E-state index in [9.17, 15) is 5.11 Å². The normalized spacial score (nSPS) is 10.9. The predicted octanol–water partition coefficient (Wildman–Crippen LogP) is 4.58. The molecule has 0 atom stereocenters.